The molecule has 1 aromatic heterocycles. The fourth-order valence-electron chi connectivity index (χ4n) is 2.45. The third kappa shape index (κ3) is 5.55. The average Bonchev–Trinajstić information content (AvgIpc) is 2.71. The van der Waals surface area contributed by atoms with Crippen LogP contribution in [0.2, 0.25) is 0 Å². The van der Waals surface area contributed by atoms with Gasteiger partial charge in [-0.1, -0.05) is 45.9 Å². The maximum absolute atomic E-state index is 12.5. The molecule has 0 bridgehead atoms. The van der Waals surface area contributed by atoms with Crippen molar-refractivity contribution < 1.29 is 9.59 Å². The molecule has 0 spiro atoms. The first-order valence-electron chi connectivity index (χ1n) is 8.58. The Morgan fingerprint density at radius 2 is 1.76 bits per heavy atom. The van der Waals surface area contributed by atoms with Crippen LogP contribution in [0.15, 0.2) is 75.1 Å². The standard InChI is InChI=1S/C20H17BrN4O3S/c1-13-11-18(27)25(16-5-3-2-4-6-16)20(22-13)29-12-17(26)23-24-19(28)14-7-9-15(21)10-8-14/h2-11H,12H2,1H3,(H,23,26)(H,24,28). The van der Waals surface area contributed by atoms with Crippen LogP contribution in [0.4, 0.5) is 0 Å². The predicted molar refractivity (Wildman–Crippen MR) is 115 cm³/mol. The summed E-state index contributed by atoms with van der Waals surface area (Å²) >= 11 is 4.41. The van der Waals surface area contributed by atoms with Crippen LogP contribution in [0, 0.1) is 6.92 Å². The maximum Gasteiger partial charge on any atom is 0.269 e. The number of amides is 2. The van der Waals surface area contributed by atoms with E-state index < -0.39 is 11.8 Å². The van der Waals surface area contributed by atoms with Crippen molar-refractivity contribution in [3.05, 3.63) is 86.7 Å². The van der Waals surface area contributed by atoms with Gasteiger partial charge in [-0.25, -0.2) is 4.98 Å². The lowest BCUT2D eigenvalue weighted by Gasteiger charge is -2.12. The number of rotatable bonds is 5. The van der Waals surface area contributed by atoms with Crippen molar-refractivity contribution in [1.82, 2.24) is 20.4 Å². The highest BCUT2D eigenvalue weighted by Gasteiger charge is 2.13. The highest BCUT2D eigenvalue weighted by atomic mass is 79.9. The van der Waals surface area contributed by atoms with Gasteiger partial charge < -0.3 is 0 Å². The topological polar surface area (TPSA) is 93.1 Å². The summed E-state index contributed by atoms with van der Waals surface area (Å²) in [7, 11) is 0. The van der Waals surface area contributed by atoms with Crippen molar-refractivity contribution in [2.24, 2.45) is 0 Å². The zero-order valence-corrected chi connectivity index (χ0v) is 17.8. The molecule has 7 nitrogen and oxygen atoms in total. The molecule has 3 aromatic rings. The Kier molecular flexibility index (Phi) is 6.84. The van der Waals surface area contributed by atoms with E-state index in [0.717, 1.165) is 16.2 Å². The molecule has 0 radical (unpaired) electrons. The number of halogens is 1. The molecule has 0 unspecified atom stereocenters. The number of hydrogen-bond acceptors (Lipinski definition) is 5. The highest BCUT2D eigenvalue weighted by Crippen LogP contribution is 2.18. The number of nitrogens with one attached hydrogen (secondary N) is 2. The van der Waals surface area contributed by atoms with E-state index in [4.69, 9.17) is 0 Å². The van der Waals surface area contributed by atoms with E-state index in [-0.39, 0.29) is 11.3 Å². The Balaban J connectivity index is 1.65. The maximum atomic E-state index is 12.5. The Morgan fingerprint density at radius 3 is 2.45 bits per heavy atom. The number of hydrazine groups is 1. The van der Waals surface area contributed by atoms with Crippen LogP contribution in [-0.4, -0.2) is 27.1 Å². The molecule has 3 rings (SSSR count). The monoisotopic (exact) mass is 472 g/mol. The molecule has 0 saturated heterocycles. The van der Waals surface area contributed by atoms with Gasteiger partial charge in [-0.2, -0.15) is 0 Å². The first kappa shape index (κ1) is 20.8. The molecule has 9 heteroatoms. The fourth-order valence-corrected chi connectivity index (χ4v) is 3.58. The van der Waals surface area contributed by atoms with Gasteiger partial charge in [0.25, 0.3) is 11.5 Å². The number of hydrogen-bond donors (Lipinski definition) is 2. The summed E-state index contributed by atoms with van der Waals surface area (Å²) in [5.74, 6) is -0.870. The predicted octanol–water partition coefficient (Wildman–Crippen LogP) is 2.86. The van der Waals surface area contributed by atoms with Crippen molar-refractivity contribution in [1.29, 1.82) is 0 Å². The van der Waals surface area contributed by atoms with Gasteiger partial charge in [-0.3, -0.25) is 29.8 Å². The SMILES string of the molecule is Cc1cc(=O)n(-c2ccccc2)c(SCC(=O)NNC(=O)c2ccc(Br)cc2)n1. The molecule has 0 saturated carbocycles. The minimum Gasteiger partial charge on any atom is -0.272 e. The number of aryl methyl sites for hydroxylation is 1. The second kappa shape index (κ2) is 9.53. The number of benzene rings is 2. The summed E-state index contributed by atoms with van der Waals surface area (Å²) in [6.07, 6.45) is 0. The van der Waals surface area contributed by atoms with Crippen LogP contribution >= 0.6 is 27.7 Å². The second-order valence-electron chi connectivity index (χ2n) is 5.99. The molecular formula is C20H17BrN4O3S. The Bertz CT molecular complexity index is 1090. The summed E-state index contributed by atoms with van der Waals surface area (Å²) in [6, 6.07) is 17.3. The Morgan fingerprint density at radius 1 is 1.07 bits per heavy atom. The molecule has 0 aliphatic heterocycles. The van der Waals surface area contributed by atoms with Crippen molar-refractivity contribution in [3.63, 3.8) is 0 Å². The summed E-state index contributed by atoms with van der Waals surface area (Å²) in [5.41, 5.74) is 6.15. The minimum absolute atomic E-state index is 0.0245. The molecule has 0 atom stereocenters. The van der Waals surface area contributed by atoms with Crippen LogP contribution < -0.4 is 16.4 Å². The van der Waals surface area contributed by atoms with Crippen molar-refractivity contribution in [2.45, 2.75) is 12.1 Å². The second-order valence-corrected chi connectivity index (χ2v) is 7.85. The molecule has 2 N–H and O–H groups in total. The van der Waals surface area contributed by atoms with Gasteiger partial charge in [0.2, 0.25) is 5.91 Å². The van der Waals surface area contributed by atoms with E-state index in [1.807, 2.05) is 18.2 Å². The first-order chi connectivity index (χ1) is 13.9. The number of nitrogens with zero attached hydrogens (tertiary/aromatic N) is 2. The minimum atomic E-state index is -0.425. The van der Waals surface area contributed by atoms with Crippen molar-refractivity contribution >= 4 is 39.5 Å². The normalized spacial score (nSPS) is 10.4. The van der Waals surface area contributed by atoms with Crippen LogP contribution in [-0.2, 0) is 4.79 Å². The number of aromatic nitrogens is 2. The zero-order valence-electron chi connectivity index (χ0n) is 15.4. The van der Waals surface area contributed by atoms with Gasteiger partial charge >= 0.3 is 0 Å². The van der Waals surface area contributed by atoms with Gasteiger partial charge in [0, 0.05) is 21.8 Å². The van der Waals surface area contributed by atoms with Gasteiger partial charge in [0.05, 0.1) is 11.4 Å². The third-order valence-electron chi connectivity index (χ3n) is 3.78. The summed E-state index contributed by atoms with van der Waals surface area (Å²) in [5, 5.41) is 0.399. The van der Waals surface area contributed by atoms with Crippen LogP contribution in [0.25, 0.3) is 5.69 Å². The molecule has 1 heterocycles. The Hall–Kier alpha value is -2.91. The average molecular weight is 473 g/mol. The number of thioether (sulfide) groups is 1. The first-order valence-corrected chi connectivity index (χ1v) is 10.4. The number of carbonyl (C=O) groups excluding carboxylic acids is 2. The van der Waals surface area contributed by atoms with Gasteiger partial charge in [0.1, 0.15) is 0 Å². The van der Waals surface area contributed by atoms with Crippen LogP contribution in [0.5, 0.6) is 0 Å². The van der Waals surface area contributed by atoms with E-state index in [2.05, 4.69) is 31.8 Å². The molecule has 0 aliphatic rings. The molecule has 148 valence electrons. The lowest BCUT2D eigenvalue weighted by Crippen LogP contribution is -2.42. The zero-order chi connectivity index (χ0) is 20.8. The van der Waals surface area contributed by atoms with E-state index in [9.17, 15) is 14.4 Å². The van der Waals surface area contributed by atoms with Crippen LogP contribution in [0.1, 0.15) is 16.1 Å². The van der Waals surface area contributed by atoms with Gasteiger partial charge in [-0.05, 0) is 43.3 Å². The van der Waals surface area contributed by atoms with Gasteiger partial charge in [-0.15, -0.1) is 0 Å². The number of para-hydroxylation sites is 1. The molecular weight excluding hydrogens is 456 g/mol. The van der Waals surface area contributed by atoms with Crippen molar-refractivity contribution in [3.8, 4) is 5.69 Å². The largest absolute Gasteiger partial charge is 0.272 e. The smallest absolute Gasteiger partial charge is 0.269 e. The molecule has 0 aliphatic carbocycles. The fraction of sp³-hybridized carbons (Fsp3) is 0.100. The van der Waals surface area contributed by atoms with Crippen LogP contribution in [0.3, 0.4) is 0 Å². The van der Waals surface area contributed by atoms with E-state index in [1.165, 1.54) is 10.6 Å². The number of carbonyl (C=O) groups is 2. The summed E-state index contributed by atoms with van der Waals surface area (Å²) in [4.78, 5) is 41.1. The molecule has 0 fully saturated rings. The summed E-state index contributed by atoms with van der Waals surface area (Å²) < 4.78 is 2.30. The molecule has 29 heavy (non-hydrogen) atoms. The third-order valence-corrected chi connectivity index (χ3v) is 5.25. The molecule has 2 aromatic carbocycles. The van der Waals surface area contributed by atoms with Gasteiger partial charge in [0.15, 0.2) is 5.16 Å². The molecule has 2 amide bonds. The quantitative estimate of drug-likeness (QED) is 0.338. The van der Waals surface area contributed by atoms with E-state index in [0.29, 0.717) is 22.1 Å². The lowest BCUT2D eigenvalue weighted by atomic mass is 10.2. The summed E-state index contributed by atoms with van der Waals surface area (Å²) in [6.45, 7) is 1.72. The van der Waals surface area contributed by atoms with Crippen molar-refractivity contribution in [2.75, 3.05) is 5.75 Å². The van der Waals surface area contributed by atoms with E-state index >= 15 is 0 Å². The lowest BCUT2D eigenvalue weighted by molar-refractivity contribution is -0.119. The Labute approximate surface area is 179 Å². The highest BCUT2D eigenvalue weighted by molar-refractivity contribution is 9.10. The van der Waals surface area contributed by atoms with E-state index in [1.54, 1.807) is 43.3 Å².